The van der Waals surface area contributed by atoms with Crippen LogP contribution < -0.4 is 15.5 Å². The second-order valence-corrected chi connectivity index (χ2v) is 11.3. The molecule has 0 spiro atoms. The fourth-order valence-electron chi connectivity index (χ4n) is 5.38. The zero-order chi connectivity index (χ0) is 27.8. The molecule has 3 heterocycles. The van der Waals surface area contributed by atoms with Crippen LogP contribution in [-0.2, 0) is 25.0 Å². The summed E-state index contributed by atoms with van der Waals surface area (Å²) in [5.41, 5.74) is 4.69. The monoisotopic (exact) mass is 563 g/mol. The molecule has 10 nitrogen and oxygen atoms in total. The van der Waals surface area contributed by atoms with Gasteiger partial charge in [0, 0.05) is 62.5 Å². The molecule has 1 aliphatic carbocycles. The molecule has 2 amide bonds. The van der Waals surface area contributed by atoms with E-state index in [2.05, 4.69) is 20.6 Å². The number of anilines is 3. The standard InChI is InChI=1S/C29H34ClN7O3/c1-19-13-21(15-31-29(39)40-36-11-9-35(10-12-36)17-20-3-4-20)5-7-24(19)28(38)37-18-22-16-32-34(2)27(22)33-25-14-23(30)6-8-26(25)37/h5-8,13-14,16,20,33H,3-4,9-12,15,17-18H2,1-2H3,(H,31,39). The maximum absolute atomic E-state index is 13.9. The third-order valence-electron chi connectivity index (χ3n) is 7.81. The number of benzene rings is 2. The summed E-state index contributed by atoms with van der Waals surface area (Å²) in [6, 6.07) is 11.1. The Labute approximate surface area is 238 Å². The number of nitrogens with one attached hydrogen (secondary N) is 2. The van der Waals surface area contributed by atoms with Crippen LogP contribution in [0.4, 0.5) is 22.0 Å². The van der Waals surface area contributed by atoms with Crippen LogP contribution in [-0.4, -0.2) is 64.5 Å². The van der Waals surface area contributed by atoms with E-state index in [0.29, 0.717) is 23.7 Å². The number of aryl methyl sites for hydroxylation is 2. The Morgan fingerprint density at radius 3 is 2.67 bits per heavy atom. The number of aromatic nitrogens is 2. The molecule has 40 heavy (non-hydrogen) atoms. The molecule has 11 heteroatoms. The average molecular weight is 564 g/mol. The molecule has 2 N–H and O–H groups in total. The van der Waals surface area contributed by atoms with E-state index in [9.17, 15) is 9.59 Å². The fourth-order valence-corrected chi connectivity index (χ4v) is 5.55. The Bertz CT molecular complexity index is 1430. The minimum absolute atomic E-state index is 0.126. The number of rotatable bonds is 6. The van der Waals surface area contributed by atoms with Gasteiger partial charge in [-0.1, -0.05) is 23.7 Å². The van der Waals surface area contributed by atoms with Crippen molar-refractivity contribution in [3.63, 3.8) is 0 Å². The quantitative estimate of drug-likeness (QED) is 0.457. The van der Waals surface area contributed by atoms with Crippen LogP contribution in [0.25, 0.3) is 0 Å². The summed E-state index contributed by atoms with van der Waals surface area (Å²) in [6.45, 7) is 7.03. The van der Waals surface area contributed by atoms with E-state index >= 15 is 0 Å². The first-order chi connectivity index (χ1) is 19.3. The molecule has 3 aliphatic rings. The molecular formula is C29H34ClN7O3. The number of carbonyl (C=O) groups is 2. The predicted octanol–water partition coefficient (Wildman–Crippen LogP) is 4.45. The zero-order valence-electron chi connectivity index (χ0n) is 22.8. The van der Waals surface area contributed by atoms with Gasteiger partial charge < -0.3 is 25.3 Å². The van der Waals surface area contributed by atoms with E-state index in [4.69, 9.17) is 16.4 Å². The summed E-state index contributed by atoms with van der Waals surface area (Å²) in [4.78, 5) is 36.0. The first kappa shape index (κ1) is 26.6. The number of fused-ring (bicyclic) bond motifs is 2. The van der Waals surface area contributed by atoms with Crippen molar-refractivity contribution in [1.29, 1.82) is 0 Å². The lowest BCUT2D eigenvalue weighted by molar-refractivity contribution is -0.123. The molecule has 0 atom stereocenters. The van der Waals surface area contributed by atoms with Crippen LogP contribution in [0.2, 0.25) is 5.02 Å². The predicted molar refractivity (Wildman–Crippen MR) is 154 cm³/mol. The highest BCUT2D eigenvalue weighted by Crippen LogP contribution is 2.38. The van der Waals surface area contributed by atoms with Crippen LogP contribution >= 0.6 is 11.6 Å². The first-order valence-electron chi connectivity index (χ1n) is 13.8. The number of amides is 2. The van der Waals surface area contributed by atoms with Gasteiger partial charge in [-0.2, -0.15) is 5.10 Å². The molecule has 0 unspecified atom stereocenters. The summed E-state index contributed by atoms with van der Waals surface area (Å²) in [6.07, 6.45) is 4.00. The summed E-state index contributed by atoms with van der Waals surface area (Å²) in [5.74, 6) is 1.56. The van der Waals surface area contributed by atoms with Gasteiger partial charge in [0.25, 0.3) is 5.91 Å². The highest BCUT2D eigenvalue weighted by Gasteiger charge is 2.29. The number of carbonyl (C=O) groups excluding carboxylic acids is 2. The molecule has 210 valence electrons. The van der Waals surface area contributed by atoms with Gasteiger partial charge >= 0.3 is 6.09 Å². The smallest absolute Gasteiger partial charge is 0.351 e. The molecule has 3 aromatic rings. The largest absolute Gasteiger partial charge is 0.426 e. The van der Waals surface area contributed by atoms with E-state index in [1.807, 2.05) is 44.3 Å². The first-order valence-corrected chi connectivity index (χ1v) is 14.1. The lowest BCUT2D eigenvalue weighted by Crippen LogP contribution is -2.48. The minimum Gasteiger partial charge on any atom is -0.351 e. The van der Waals surface area contributed by atoms with Crippen LogP contribution in [0, 0.1) is 12.8 Å². The van der Waals surface area contributed by atoms with Crippen molar-refractivity contribution in [2.75, 3.05) is 42.9 Å². The lowest BCUT2D eigenvalue weighted by Gasteiger charge is -2.33. The summed E-state index contributed by atoms with van der Waals surface area (Å²) in [7, 11) is 1.86. The van der Waals surface area contributed by atoms with Gasteiger partial charge in [0.05, 0.1) is 24.1 Å². The second kappa shape index (κ2) is 11.1. The Morgan fingerprint density at radius 2 is 1.93 bits per heavy atom. The molecular weight excluding hydrogens is 530 g/mol. The van der Waals surface area contributed by atoms with Crippen LogP contribution in [0.15, 0.2) is 42.6 Å². The maximum Gasteiger partial charge on any atom is 0.426 e. The molecule has 2 aliphatic heterocycles. The summed E-state index contributed by atoms with van der Waals surface area (Å²) < 4.78 is 1.75. The molecule has 1 aromatic heterocycles. The Morgan fingerprint density at radius 1 is 1.12 bits per heavy atom. The number of hydrogen-bond donors (Lipinski definition) is 2. The van der Waals surface area contributed by atoms with Crippen molar-refractivity contribution >= 4 is 40.8 Å². The van der Waals surface area contributed by atoms with Gasteiger partial charge in [0.2, 0.25) is 0 Å². The van der Waals surface area contributed by atoms with E-state index in [0.717, 1.165) is 72.5 Å². The molecule has 6 rings (SSSR count). The highest BCUT2D eigenvalue weighted by atomic mass is 35.5. The zero-order valence-corrected chi connectivity index (χ0v) is 23.6. The average Bonchev–Trinajstić information content (AvgIpc) is 3.72. The third-order valence-corrected chi connectivity index (χ3v) is 8.04. The Kier molecular flexibility index (Phi) is 7.39. The van der Waals surface area contributed by atoms with Gasteiger partial charge in [0.15, 0.2) is 0 Å². The summed E-state index contributed by atoms with van der Waals surface area (Å²) >= 11 is 6.28. The van der Waals surface area contributed by atoms with Crippen LogP contribution in [0.1, 0.15) is 39.9 Å². The molecule has 1 saturated carbocycles. The lowest BCUT2D eigenvalue weighted by atomic mass is 10.0. The molecule has 2 aromatic carbocycles. The number of piperazine rings is 1. The van der Waals surface area contributed by atoms with Gasteiger partial charge in [-0.3, -0.25) is 9.48 Å². The Balaban J connectivity index is 1.09. The molecule has 0 bridgehead atoms. The third kappa shape index (κ3) is 5.79. The van der Waals surface area contributed by atoms with Crippen molar-refractivity contribution in [2.45, 2.75) is 32.9 Å². The minimum atomic E-state index is -0.465. The van der Waals surface area contributed by atoms with Crippen molar-refractivity contribution in [1.82, 2.24) is 25.1 Å². The van der Waals surface area contributed by atoms with Crippen molar-refractivity contribution in [3.05, 3.63) is 69.9 Å². The topological polar surface area (TPSA) is 95.0 Å². The fraction of sp³-hybridized carbons (Fsp3) is 0.414. The van der Waals surface area contributed by atoms with Crippen LogP contribution in [0.5, 0.6) is 0 Å². The number of hydroxylamine groups is 2. The van der Waals surface area contributed by atoms with Gasteiger partial charge in [-0.05, 0) is 61.1 Å². The van der Waals surface area contributed by atoms with Gasteiger partial charge in [-0.25, -0.2) is 4.79 Å². The van der Waals surface area contributed by atoms with Crippen molar-refractivity contribution < 1.29 is 14.4 Å². The SMILES string of the molecule is Cc1cc(CNC(=O)ON2CCN(CC3CC3)CC2)ccc1C(=O)N1Cc2cnn(C)c2Nc2cc(Cl)ccc21. The maximum atomic E-state index is 13.9. The summed E-state index contributed by atoms with van der Waals surface area (Å²) in [5, 5.41) is 12.9. The molecule has 2 fully saturated rings. The number of hydrogen-bond acceptors (Lipinski definition) is 7. The van der Waals surface area contributed by atoms with E-state index in [1.165, 1.54) is 12.8 Å². The second-order valence-electron chi connectivity index (χ2n) is 10.9. The van der Waals surface area contributed by atoms with Crippen molar-refractivity contribution in [3.8, 4) is 0 Å². The van der Waals surface area contributed by atoms with Gasteiger partial charge in [-0.15, -0.1) is 5.06 Å². The van der Waals surface area contributed by atoms with E-state index in [-0.39, 0.29) is 5.91 Å². The Hall–Kier alpha value is -3.60. The highest BCUT2D eigenvalue weighted by molar-refractivity contribution is 6.31. The van der Waals surface area contributed by atoms with E-state index in [1.54, 1.807) is 26.9 Å². The normalized spacial score (nSPS) is 17.4. The number of nitrogens with zero attached hydrogens (tertiary/aromatic N) is 5. The molecule has 1 saturated heterocycles. The van der Waals surface area contributed by atoms with Crippen LogP contribution in [0.3, 0.4) is 0 Å². The van der Waals surface area contributed by atoms with E-state index < -0.39 is 6.09 Å². The van der Waals surface area contributed by atoms with Crippen molar-refractivity contribution in [2.24, 2.45) is 13.0 Å². The van der Waals surface area contributed by atoms with Gasteiger partial charge in [0.1, 0.15) is 5.82 Å². The number of halogens is 1. The molecule has 0 radical (unpaired) electrons.